The zero-order chi connectivity index (χ0) is 18.9. The van der Waals surface area contributed by atoms with Gasteiger partial charge in [-0.2, -0.15) is 0 Å². The third-order valence-electron chi connectivity index (χ3n) is 6.39. The zero-order valence-electron chi connectivity index (χ0n) is 17.1. The van der Waals surface area contributed by atoms with Gasteiger partial charge in [0.25, 0.3) is 0 Å². The van der Waals surface area contributed by atoms with Crippen molar-refractivity contribution in [2.75, 3.05) is 39.8 Å². The predicted molar refractivity (Wildman–Crippen MR) is 110 cm³/mol. The molecule has 0 amide bonds. The lowest BCUT2D eigenvalue weighted by Gasteiger charge is -2.62. The number of rotatable bonds is 4. The van der Waals surface area contributed by atoms with Crippen molar-refractivity contribution >= 4 is 17.3 Å². The third kappa shape index (κ3) is 3.64. The van der Waals surface area contributed by atoms with Crippen LogP contribution in [0.25, 0.3) is 0 Å². The van der Waals surface area contributed by atoms with Gasteiger partial charge in [-0.1, -0.05) is 19.9 Å². The van der Waals surface area contributed by atoms with E-state index in [0.29, 0.717) is 17.6 Å². The molecular weight excluding hydrogens is 344 g/mol. The fourth-order valence-corrected chi connectivity index (χ4v) is 4.76. The highest BCUT2D eigenvalue weighted by atomic mass is 32.1. The molecule has 5 nitrogen and oxygen atoms in total. The summed E-state index contributed by atoms with van der Waals surface area (Å²) in [6, 6.07) is 4.75. The monoisotopic (exact) mass is 378 g/mol. The molecule has 1 N–H and O–H groups in total. The predicted octanol–water partition coefficient (Wildman–Crippen LogP) is 3.21. The molecule has 0 spiro atoms. The average molecular weight is 379 g/mol. The summed E-state index contributed by atoms with van der Waals surface area (Å²) in [4.78, 5) is 10.9. The summed E-state index contributed by atoms with van der Waals surface area (Å²) in [5, 5.41) is 5.83. The quantitative estimate of drug-likeness (QED) is 0.645. The highest BCUT2D eigenvalue weighted by Gasteiger charge is 2.53. The number of hydrogen-bond acceptors (Lipinski definition) is 4. The van der Waals surface area contributed by atoms with Crippen molar-refractivity contribution in [2.24, 2.45) is 10.4 Å². The lowest BCUT2D eigenvalue weighted by atomic mass is 9.65. The van der Waals surface area contributed by atoms with E-state index in [-0.39, 0.29) is 5.54 Å². The second-order valence-corrected chi connectivity index (χ2v) is 9.64. The van der Waals surface area contributed by atoms with Crippen LogP contribution in [0.2, 0.25) is 0 Å². The van der Waals surface area contributed by atoms with Crippen molar-refractivity contribution in [3.63, 3.8) is 0 Å². The molecule has 0 aliphatic carbocycles. The van der Waals surface area contributed by atoms with Gasteiger partial charge in [0.1, 0.15) is 0 Å². The Morgan fingerprint density at radius 1 is 1.42 bits per heavy atom. The van der Waals surface area contributed by atoms with Crippen LogP contribution in [0.1, 0.15) is 45.5 Å². The van der Waals surface area contributed by atoms with Crippen LogP contribution in [0.15, 0.2) is 22.5 Å². The van der Waals surface area contributed by atoms with Crippen molar-refractivity contribution in [2.45, 2.75) is 52.3 Å². The molecule has 2 saturated heterocycles. The van der Waals surface area contributed by atoms with Gasteiger partial charge in [-0.05, 0) is 32.2 Å². The molecule has 0 bridgehead atoms. The first-order valence-electron chi connectivity index (χ1n) is 9.63. The molecule has 6 heteroatoms. The number of aliphatic imine (C=N–C) groups is 1. The Morgan fingerprint density at radius 3 is 2.73 bits per heavy atom. The van der Waals surface area contributed by atoms with Crippen molar-refractivity contribution in [1.82, 2.24) is 15.1 Å². The van der Waals surface area contributed by atoms with Crippen molar-refractivity contribution in [1.29, 1.82) is 0 Å². The molecule has 2 aliphatic rings. The topological polar surface area (TPSA) is 40.1 Å². The number of morpholine rings is 1. The SMILES string of the molecule is CN=C(NCC(c1cccs1)N1CCOC(C)C1)N1CC(C)(C)C1(C)C. The number of ether oxygens (including phenoxy) is 1. The Kier molecular flexibility index (Phi) is 5.66. The number of thiophene rings is 1. The van der Waals surface area contributed by atoms with E-state index < -0.39 is 0 Å². The van der Waals surface area contributed by atoms with Crippen LogP contribution in [-0.4, -0.2) is 67.2 Å². The summed E-state index contributed by atoms with van der Waals surface area (Å²) in [7, 11) is 1.89. The summed E-state index contributed by atoms with van der Waals surface area (Å²) < 4.78 is 5.75. The normalized spacial score (nSPS) is 27.1. The van der Waals surface area contributed by atoms with E-state index in [2.05, 4.69) is 72.2 Å². The van der Waals surface area contributed by atoms with E-state index in [1.807, 2.05) is 18.4 Å². The summed E-state index contributed by atoms with van der Waals surface area (Å²) in [6.45, 7) is 16.1. The molecule has 1 aromatic rings. The van der Waals surface area contributed by atoms with Crippen molar-refractivity contribution < 1.29 is 4.74 Å². The molecule has 0 saturated carbocycles. The number of hydrogen-bond donors (Lipinski definition) is 1. The Labute approximate surface area is 162 Å². The molecule has 3 heterocycles. The molecule has 3 rings (SSSR count). The van der Waals surface area contributed by atoms with Crippen LogP contribution in [0, 0.1) is 5.41 Å². The van der Waals surface area contributed by atoms with Crippen molar-refractivity contribution in [3.8, 4) is 0 Å². The molecule has 146 valence electrons. The maximum Gasteiger partial charge on any atom is 0.194 e. The number of guanidine groups is 1. The number of nitrogens with one attached hydrogen (secondary N) is 1. The van der Waals surface area contributed by atoms with Crippen LogP contribution in [0.5, 0.6) is 0 Å². The smallest absolute Gasteiger partial charge is 0.194 e. The van der Waals surface area contributed by atoms with Gasteiger partial charge < -0.3 is 15.0 Å². The molecule has 0 radical (unpaired) electrons. The van der Waals surface area contributed by atoms with Crippen molar-refractivity contribution in [3.05, 3.63) is 22.4 Å². The minimum absolute atomic E-state index is 0.112. The van der Waals surface area contributed by atoms with E-state index in [1.165, 1.54) is 4.88 Å². The van der Waals surface area contributed by atoms with Crippen LogP contribution in [0.4, 0.5) is 0 Å². The van der Waals surface area contributed by atoms with E-state index in [1.54, 1.807) is 0 Å². The third-order valence-corrected chi connectivity index (χ3v) is 7.36. The largest absolute Gasteiger partial charge is 0.376 e. The van der Waals surface area contributed by atoms with E-state index in [9.17, 15) is 0 Å². The molecule has 1 aromatic heterocycles. The highest BCUT2D eigenvalue weighted by molar-refractivity contribution is 7.10. The summed E-state index contributed by atoms with van der Waals surface area (Å²) in [5.74, 6) is 1.01. The minimum atomic E-state index is 0.112. The van der Waals surface area contributed by atoms with Gasteiger partial charge >= 0.3 is 0 Å². The molecule has 2 aliphatic heterocycles. The Bertz CT molecular complexity index is 626. The fourth-order valence-electron chi connectivity index (χ4n) is 3.90. The average Bonchev–Trinajstić information content (AvgIpc) is 3.11. The standard InChI is InChI=1S/C20H34N4OS/c1-15-13-23(9-10-25-15)16(17-8-7-11-26-17)12-22-18(21-6)24-14-19(2,3)20(24,4)5/h7-8,11,15-16H,9-10,12-14H2,1-6H3,(H,21,22). The minimum Gasteiger partial charge on any atom is -0.376 e. The fraction of sp³-hybridized carbons (Fsp3) is 0.750. The summed E-state index contributed by atoms with van der Waals surface area (Å²) in [5.41, 5.74) is 0.415. The first kappa shape index (κ1) is 19.6. The lowest BCUT2D eigenvalue weighted by Crippen LogP contribution is -2.72. The second kappa shape index (κ2) is 7.49. The molecular formula is C20H34N4OS. The number of likely N-dealkylation sites (tertiary alicyclic amines) is 1. The summed E-state index contributed by atoms with van der Waals surface area (Å²) >= 11 is 1.84. The van der Waals surface area contributed by atoms with Crippen LogP contribution >= 0.6 is 11.3 Å². The lowest BCUT2D eigenvalue weighted by molar-refractivity contribution is -0.0673. The van der Waals surface area contributed by atoms with Gasteiger partial charge in [0, 0.05) is 49.1 Å². The zero-order valence-corrected chi connectivity index (χ0v) is 17.9. The molecule has 2 unspecified atom stereocenters. The maximum absolute atomic E-state index is 5.75. The molecule has 2 fully saturated rings. The van der Waals surface area contributed by atoms with Gasteiger partial charge in [0.15, 0.2) is 5.96 Å². The van der Waals surface area contributed by atoms with E-state index >= 15 is 0 Å². The van der Waals surface area contributed by atoms with Gasteiger partial charge in [-0.15, -0.1) is 11.3 Å². The molecule has 2 atom stereocenters. The number of nitrogens with zero attached hydrogens (tertiary/aromatic N) is 3. The van der Waals surface area contributed by atoms with Gasteiger partial charge in [-0.25, -0.2) is 0 Å². The van der Waals surface area contributed by atoms with Crippen LogP contribution in [-0.2, 0) is 4.74 Å². The van der Waals surface area contributed by atoms with Gasteiger partial charge in [-0.3, -0.25) is 9.89 Å². The first-order valence-corrected chi connectivity index (χ1v) is 10.5. The van der Waals surface area contributed by atoms with E-state index in [4.69, 9.17) is 4.74 Å². The Balaban J connectivity index is 1.69. The van der Waals surface area contributed by atoms with E-state index in [0.717, 1.165) is 38.7 Å². The Hall–Kier alpha value is -1.11. The second-order valence-electron chi connectivity index (χ2n) is 8.66. The Morgan fingerprint density at radius 2 is 2.19 bits per heavy atom. The van der Waals surface area contributed by atoms with Crippen LogP contribution in [0.3, 0.4) is 0 Å². The maximum atomic E-state index is 5.75. The highest BCUT2D eigenvalue weighted by Crippen LogP contribution is 2.46. The molecule has 0 aromatic carbocycles. The van der Waals surface area contributed by atoms with Gasteiger partial charge in [0.05, 0.1) is 18.8 Å². The van der Waals surface area contributed by atoms with Gasteiger partial charge in [0.2, 0.25) is 0 Å². The summed E-state index contributed by atoms with van der Waals surface area (Å²) in [6.07, 6.45) is 0.292. The van der Waals surface area contributed by atoms with Crippen LogP contribution < -0.4 is 5.32 Å². The molecule has 26 heavy (non-hydrogen) atoms. The first-order chi connectivity index (χ1) is 12.3.